The summed E-state index contributed by atoms with van der Waals surface area (Å²) < 4.78 is 2.21. The zero-order valence-corrected chi connectivity index (χ0v) is 14.3. The van der Waals surface area contributed by atoms with E-state index in [2.05, 4.69) is 26.7 Å². The molecular weight excluding hydrogens is 288 g/mol. The van der Waals surface area contributed by atoms with Crippen LogP contribution in [0.25, 0.3) is 0 Å². The Hall–Kier alpha value is -1.36. The molecule has 1 atom stereocenters. The lowest BCUT2D eigenvalue weighted by Crippen LogP contribution is -2.36. The Balaban J connectivity index is 1.40. The van der Waals surface area contributed by atoms with Crippen LogP contribution in [-0.4, -0.2) is 40.0 Å². The molecule has 1 saturated heterocycles. The van der Waals surface area contributed by atoms with Crippen LogP contribution in [0.2, 0.25) is 0 Å². The Kier molecular flexibility index (Phi) is 5.70. The fraction of sp³-hybridized carbons (Fsp3) is 0.778. The van der Waals surface area contributed by atoms with Gasteiger partial charge in [-0.3, -0.25) is 9.69 Å². The van der Waals surface area contributed by atoms with Gasteiger partial charge in [-0.25, -0.2) is 4.98 Å². The van der Waals surface area contributed by atoms with Gasteiger partial charge in [-0.15, -0.1) is 0 Å². The average molecular weight is 318 g/mol. The van der Waals surface area contributed by atoms with Crippen LogP contribution < -0.4 is 5.32 Å². The average Bonchev–Trinajstić information content (AvgIpc) is 3.23. The summed E-state index contributed by atoms with van der Waals surface area (Å²) in [6.45, 7) is 7.08. The van der Waals surface area contributed by atoms with E-state index in [-0.39, 0.29) is 5.92 Å². The molecule has 23 heavy (non-hydrogen) atoms. The highest BCUT2D eigenvalue weighted by Crippen LogP contribution is 2.24. The minimum absolute atomic E-state index is 0.276. The van der Waals surface area contributed by atoms with Gasteiger partial charge in [0.15, 0.2) is 0 Å². The lowest BCUT2D eigenvalue weighted by atomic mass is 9.88. The number of nitrogens with one attached hydrogen (secondary N) is 1. The Bertz CT molecular complexity index is 507. The van der Waals surface area contributed by atoms with Crippen LogP contribution in [0, 0.1) is 11.8 Å². The molecule has 2 heterocycles. The van der Waals surface area contributed by atoms with Gasteiger partial charge < -0.3 is 9.88 Å². The predicted molar refractivity (Wildman–Crippen MR) is 90.9 cm³/mol. The molecule has 0 spiro atoms. The van der Waals surface area contributed by atoms with E-state index >= 15 is 0 Å². The smallest absolute Gasteiger partial charge is 0.223 e. The molecule has 3 rings (SSSR count). The van der Waals surface area contributed by atoms with Crippen LogP contribution in [0.5, 0.6) is 0 Å². The maximum Gasteiger partial charge on any atom is 0.223 e. The SMILES string of the molecule is CCn1ccnc1CN1CC[C@H](CNC(=O)C2CCCCC2)C1. The lowest BCUT2D eigenvalue weighted by Gasteiger charge is -2.22. The number of likely N-dealkylation sites (tertiary alicyclic amines) is 1. The van der Waals surface area contributed by atoms with E-state index in [1.54, 1.807) is 0 Å². The number of carbonyl (C=O) groups is 1. The molecule has 1 saturated carbocycles. The summed E-state index contributed by atoms with van der Waals surface area (Å²) in [4.78, 5) is 19.2. The van der Waals surface area contributed by atoms with Crippen LogP contribution in [0.4, 0.5) is 0 Å². The molecule has 1 aromatic heterocycles. The van der Waals surface area contributed by atoms with Gasteiger partial charge in [0.25, 0.3) is 0 Å². The second-order valence-corrected chi connectivity index (χ2v) is 7.10. The van der Waals surface area contributed by atoms with Crippen molar-refractivity contribution in [3.8, 4) is 0 Å². The third kappa shape index (κ3) is 4.34. The highest BCUT2D eigenvalue weighted by molar-refractivity contribution is 5.78. The summed E-state index contributed by atoms with van der Waals surface area (Å²) in [5.41, 5.74) is 0. The first kappa shape index (κ1) is 16.5. The van der Waals surface area contributed by atoms with Crippen molar-refractivity contribution in [3.05, 3.63) is 18.2 Å². The Morgan fingerprint density at radius 1 is 1.30 bits per heavy atom. The molecule has 1 aromatic rings. The van der Waals surface area contributed by atoms with Crippen molar-refractivity contribution in [1.29, 1.82) is 0 Å². The summed E-state index contributed by atoms with van der Waals surface area (Å²) in [5.74, 6) is 2.31. The minimum Gasteiger partial charge on any atom is -0.356 e. The van der Waals surface area contributed by atoms with Gasteiger partial charge in [-0.1, -0.05) is 19.3 Å². The number of imidazole rings is 1. The first-order chi connectivity index (χ1) is 11.3. The number of rotatable bonds is 6. The van der Waals surface area contributed by atoms with E-state index in [4.69, 9.17) is 0 Å². The molecule has 0 unspecified atom stereocenters. The third-order valence-electron chi connectivity index (χ3n) is 5.42. The molecule has 0 radical (unpaired) electrons. The number of aromatic nitrogens is 2. The van der Waals surface area contributed by atoms with Crippen molar-refractivity contribution in [2.45, 2.75) is 58.5 Å². The summed E-state index contributed by atoms with van der Waals surface area (Å²) in [5, 5.41) is 3.21. The quantitative estimate of drug-likeness (QED) is 0.876. The Morgan fingerprint density at radius 3 is 2.91 bits per heavy atom. The van der Waals surface area contributed by atoms with Gasteiger partial charge in [0.2, 0.25) is 5.91 Å². The molecule has 0 bridgehead atoms. The first-order valence-corrected chi connectivity index (χ1v) is 9.26. The van der Waals surface area contributed by atoms with Gasteiger partial charge >= 0.3 is 0 Å². The molecule has 2 aliphatic rings. The third-order valence-corrected chi connectivity index (χ3v) is 5.42. The topological polar surface area (TPSA) is 50.2 Å². The first-order valence-electron chi connectivity index (χ1n) is 9.26. The summed E-state index contributed by atoms with van der Waals surface area (Å²) >= 11 is 0. The number of hydrogen-bond acceptors (Lipinski definition) is 3. The van der Waals surface area contributed by atoms with Gasteiger partial charge in [-0.2, -0.15) is 0 Å². The van der Waals surface area contributed by atoms with E-state index in [0.29, 0.717) is 11.8 Å². The van der Waals surface area contributed by atoms with Crippen molar-refractivity contribution in [1.82, 2.24) is 19.8 Å². The van der Waals surface area contributed by atoms with E-state index < -0.39 is 0 Å². The summed E-state index contributed by atoms with van der Waals surface area (Å²) in [7, 11) is 0. The van der Waals surface area contributed by atoms with E-state index in [1.165, 1.54) is 25.7 Å². The fourth-order valence-corrected chi connectivity index (χ4v) is 3.96. The molecule has 1 aliphatic heterocycles. The number of nitrogens with zero attached hydrogens (tertiary/aromatic N) is 3. The van der Waals surface area contributed by atoms with Gasteiger partial charge in [0, 0.05) is 37.9 Å². The van der Waals surface area contributed by atoms with Crippen molar-refractivity contribution in [3.63, 3.8) is 0 Å². The van der Waals surface area contributed by atoms with Crippen LogP contribution in [0.15, 0.2) is 12.4 Å². The second kappa shape index (κ2) is 7.95. The normalized spacial score (nSPS) is 23.3. The maximum absolute atomic E-state index is 12.2. The van der Waals surface area contributed by atoms with Crippen LogP contribution in [0.3, 0.4) is 0 Å². The van der Waals surface area contributed by atoms with Crippen LogP contribution in [0.1, 0.15) is 51.3 Å². The van der Waals surface area contributed by atoms with E-state index in [9.17, 15) is 4.79 Å². The van der Waals surface area contributed by atoms with Gasteiger partial charge in [-0.05, 0) is 38.6 Å². The van der Waals surface area contributed by atoms with Crippen molar-refractivity contribution in [2.24, 2.45) is 11.8 Å². The zero-order valence-electron chi connectivity index (χ0n) is 14.3. The molecular formula is C18H30N4O. The van der Waals surface area contributed by atoms with Crippen molar-refractivity contribution >= 4 is 5.91 Å². The molecule has 1 N–H and O–H groups in total. The van der Waals surface area contributed by atoms with Crippen molar-refractivity contribution < 1.29 is 4.79 Å². The molecule has 0 aromatic carbocycles. The van der Waals surface area contributed by atoms with Crippen molar-refractivity contribution in [2.75, 3.05) is 19.6 Å². The predicted octanol–water partition coefficient (Wildman–Crippen LogP) is 2.42. The van der Waals surface area contributed by atoms with E-state index in [0.717, 1.165) is 51.4 Å². The molecule has 1 aliphatic carbocycles. The standard InChI is InChI=1S/C18H30N4O/c1-2-22-11-9-19-17(22)14-21-10-8-15(13-21)12-20-18(23)16-6-4-3-5-7-16/h9,11,15-16H,2-8,10,12-14H2,1H3,(H,20,23)/t15-/m1/s1. The molecule has 5 heteroatoms. The summed E-state index contributed by atoms with van der Waals surface area (Å²) in [6, 6.07) is 0. The number of amides is 1. The number of aryl methyl sites for hydroxylation is 1. The monoisotopic (exact) mass is 318 g/mol. The minimum atomic E-state index is 0.276. The van der Waals surface area contributed by atoms with E-state index in [1.807, 2.05) is 12.4 Å². The van der Waals surface area contributed by atoms with Crippen LogP contribution in [-0.2, 0) is 17.9 Å². The molecule has 1 amide bonds. The highest BCUT2D eigenvalue weighted by atomic mass is 16.1. The Labute approximate surface area is 139 Å². The Morgan fingerprint density at radius 2 is 2.13 bits per heavy atom. The number of hydrogen-bond donors (Lipinski definition) is 1. The summed E-state index contributed by atoms with van der Waals surface area (Å²) in [6.07, 6.45) is 11.0. The van der Waals surface area contributed by atoms with Crippen LogP contribution >= 0.6 is 0 Å². The van der Waals surface area contributed by atoms with Gasteiger partial charge in [0.1, 0.15) is 5.82 Å². The largest absolute Gasteiger partial charge is 0.356 e. The molecule has 128 valence electrons. The molecule has 2 fully saturated rings. The number of carbonyl (C=O) groups excluding carboxylic acids is 1. The maximum atomic E-state index is 12.2. The second-order valence-electron chi connectivity index (χ2n) is 7.10. The fourth-order valence-electron chi connectivity index (χ4n) is 3.96. The zero-order chi connectivity index (χ0) is 16.1. The highest BCUT2D eigenvalue weighted by Gasteiger charge is 2.26. The molecule has 5 nitrogen and oxygen atoms in total. The lowest BCUT2D eigenvalue weighted by molar-refractivity contribution is -0.126. The van der Waals surface area contributed by atoms with Gasteiger partial charge in [0.05, 0.1) is 6.54 Å².